The number of hydrogen-bond acceptors (Lipinski definition) is 4. The summed E-state index contributed by atoms with van der Waals surface area (Å²) in [7, 11) is 0. The molecule has 1 fully saturated rings. The molecule has 33 heavy (non-hydrogen) atoms. The zero-order valence-corrected chi connectivity index (χ0v) is 19.9. The van der Waals surface area contributed by atoms with Crippen LogP contribution in [0.1, 0.15) is 54.9 Å². The molecule has 5 heteroatoms. The summed E-state index contributed by atoms with van der Waals surface area (Å²) in [6.07, 6.45) is 5.06. The topological polar surface area (TPSA) is 60.9 Å². The van der Waals surface area contributed by atoms with E-state index >= 15 is 0 Å². The Labute approximate surface area is 196 Å². The first-order valence-corrected chi connectivity index (χ1v) is 12.1. The first-order valence-electron chi connectivity index (χ1n) is 12.1. The Morgan fingerprint density at radius 3 is 2.45 bits per heavy atom. The minimum atomic E-state index is -0.269. The van der Waals surface area contributed by atoms with E-state index in [1.807, 2.05) is 55.1 Å². The van der Waals surface area contributed by atoms with Crippen LogP contribution in [0.3, 0.4) is 0 Å². The van der Waals surface area contributed by atoms with E-state index in [0.717, 1.165) is 48.8 Å². The highest BCUT2D eigenvalue weighted by Gasteiger charge is 2.43. The van der Waals surface area contributed by atoms with Crippen molar-refractivity contribution < 1.29 is 14.7 Å². The fraction of sp³-hybridized carbons (Fsp3) is 0.429. The van der Waals surface area contributed by atoms with Gasteiger partial charge >= 0.3 is 0 Å². The number of amides is 2. The number of imide groups is 1. The third-order valence-electron chi connectivity index (χ3n) is 6.82. The Hall–Kier alpha value is -2.92. The monoisotopic (exact) mass is 446 g/mol. The quantitative estimate of drug-likeness (QED) is 0.630. The summed E-state index contributed by atoms with van der Waals surface area (Å²) in [6, 6.07) is 13.8. The smallest absolute Gasteiger partial charge is 0.282 e. The second-order valence-corrected chi connectivity index (χ2v) is 9.39. The molecule has 2 amide bonds. The van der Waals surface area contributed by atoms with Crippen LogP contribution in [0.15, 0.2) is 48.2 Å². The van der Waals surface area contributed by atoms with Crippen molar-refractivity contribution in [3.8, 4) is 0 Å². The standard InChI is InChI=1S/C28H34N2O3/c1-4-5-7-21-10-12-23(13-11-21)30-27(32)25(24-14-9-19(2)16-20(24)3)26(28(30)33)29-15-6-8-22(17-29)18-31/h9-14,16,22,31H,4-8,15,17-18H2,1-3H3. The maximum absolute atomic E-state index is 13.8. The molecule has 1 saturated heterocycles. The SMILES string of the molecule is CCCCc1ccc(N2C(=O)C(c3ccc(C)cc3C)=C(N3CCCC(CO)C3)C2=O)cc1. The highest BCUT2D eigenvalue weighted by atomic mass is 16.3. The van der Waals surface area contributed by atoms with E-state index in [1.54, 1.807) is 0 Å². The molecule has 174 valence electrons. The van der Waals surface area contributed by atoms with Crippen molar-refractivity contribution >= 4 is 23.1 Å². The number of nitrogens with zero attached hydrogens (tertiary/aromatic N) is 2. The van der Waals surface area contributed by atoms with Crippen LogP contribution < -0.4 is 4.90 Å². The number of anilines is 1. The van der Waals surface area contributed by atoms with Crippen molar-refractivity contribution in [2.24, 2.45) is 5.92 Å². The normalized spacial score (nSPS) is 19.1. The predicted molar refractivity (Wildman–Crippen MR) is 132 cm³/mol. The molecule has 2 heterocycles. The van der Waals surface area contributed by atoms with Crippen molar-refractivity contribution in [2.45, 2.75) is 52.9 Å². The molecule has 0 saturated carbocycles. The number of carbonyl (C=O) groups is 2. The number of likely N-dealkylation sites (tertiary alicyclic amines) is 1. The fourth-order valence-corrected chi connectivity index (χ4v) is 4.99. The minimum Gasteiger partial charge on any atom is -0.396 e. The third kappa shape index (κ3) is 4.60. The first kappa shape index (κ1) is 23.2. The van der Waals surface area contributed by atoms with E-state index in [9.17, 15) is 14.7 Å². The molecule has 5 nitrogen and oxygen atoms in total. The van der Waals surface area contributed by atoms with Gasteiger partial charge in [0.25, 0.3) is 11.8 Å². The Morgan fingerprint density at radius 1 is 1.03 bits per heavy atom. The van der Waals surface area contributed by atoms with Gasteiger partial charge in [-0.2, -0.15) is 0 Å². The van der Waals surface area contributed by atoms with Crippen LogP contribution in [-0.4, -0.2) is 41.5 Å². The lowest BCUT2D eigenvalue weighted by atomic mass is 9.95. The Kier molecular flexibility index (Phi) is 6.99. The van der Waals surface area contributed by atoms with Gasteiger partial charge in [0, 0.05) is 19.7 Å². The predicted octanol–water partition coefficient (Wildman–Crippen LogP) is 4.63. The number of benzene rings is 2. The molecular formula is C28H34N2O3. The first-order chi connectivity index (χ1) is 15.9. The second-order valence-electron chi connectivity index (χ2n) is 9.39. The maximum Gasteiger partial charge on any atom is 0.282 e. The van der Waals surface area contributed by atoms with E-state index in [1.165, 1.54) is 10.5 Å². The molecule has 4 rings (SSSR count). The summed E-state index contributed by atoms with van der Waals surface area (Å²) in [5, 5.41) is 9.74. The number of rotatable bonds is 7. The van der Waals surface area contributed by atoms with E-state index in [2.05, 4.69) is 13.0 Å². The van der Waals surface area contributed by atoms with E-state index in [4.69, 9.17) is 0 Å². The summed E-state index contributed by atoms with van der Waals surface area (Å²) in [6.45, 7) is 7.57. The van der Waals surface area contributed by atoms with E-state index in [-0.39, 0.29) is 24.3 Å². The number of piperidine rings is 1. The molecule has 2 aromatic rings. The lowest BCUT2D eigenvalue weighted by Gasteiger charge is -2.34. The van der Waals surface area contributed by atoms with Gasteiger partial charge in [-0.3, -0.25) is 9.59 Å². The van der Waals surface area contributed by atoms with E-state index < -0.39 is 0 Å². The number of hydrogen-bond donors (Lipinski definition) is 1. The van der Waals surface area contributed by atoms with Gasteiger partial charge in [0.1, 0.15) is 5.70 Å². The van der Waals surface area contributed by atoms with Crippen LogP contribution in [0.2, 0.25) is 0 Å². The van der Waals surface area contributed by atoms with Crippen LogP contribution in [0.25, 0.3) is 5.57 Å². The van der Waals surface area contributed by atoms with Crippen LogP contribution in [0.4, 0.5) is 5.69 Å². The summed E-state index contributed by atoms with van der Waals surface area (Å²) < 4.78 is 0. The Balaban J connectivity index is 1.76. The maximum atomic E-state index is 13.8. The van der Waals surface area contributed by atoms with Crippen LogP contribution in [-0.2, 0) is 16.0 Å². The Bertz CT molecular complexity index is 1070. The largest absolute Gasteiger partial charge is 0.396 e. The van der Waals surface area contributed by atoms with Gasteiger partial charge in [0.05, 0.1) is 11.3 Å². The van der Waals surface area contributed by atoms with Gasteiger partial charge < -0.3 is 10.0 Å². The molecule has 0 aliphatic carbocycles. The average Bonchev–Trinajstić information content (AvgIpc) is 3.08. The zero-order chi connectivity index (χ0) is 23.5. The van der Waals surface area contributed by atoms with Gasteiger partial charge in [-0.25, -0.2) is 4.90 Å². The third-order valence-corrected chi connectivity index (χ3v) is 6.82. The van der Waals surface area contributed by atoms with Gasteiger partial charge in [-0.15, -0.1) is 0 Å². The van der Waals surface area contributed by atoms with Gasteiger partial charge in [0.15, 0.2) is 0 Å². The second kappa shape index (κ2) is 9.92. The molecule has 1 atom stereocenters. The summed E-state index contributed by atoms with van der Waals surface area (Å²) in [5.74, 6) is -0.425. The van der Waals surface area contributed by atoms with Crippen molar-refractivity contribution in [2.75, 3.05) is 24.6 Å². The molecule has 2 aliphatic heterocycles. The molecule has 0 aromatic heterocycles. The lowest BCUT2D eigenvalue weighted by molar-refractivity contribution is -0.120. The highest BCUT2D eigenvalue weighted by Crippen LogP contribution is 2.37. The van der Waals surface area contributed by atoms with Gasteiger partial charge in [-0.05, 0) is 74.3 Å². The average molecular weight is 447 g/mol. The molecule has 2 aromatic carbocycles. The lowest BCUT2D eigenvalue weighted by Crippen LogP contribution is -2.40. The highest BCUT2D eigenvalue weighted by molar-refractivity contribution is 6.45. The zero-order valence-electron chi connectivity index (χ0n) is 19.9. The summed E-state index contributed by atoms with van der Waals surface area (Å²) in [4.78, 5) is 30.9. The van der Waals surface area contributed by atoms with Crippen LogP contribution in [0, 0.1) is 19.8 Å². The Morgan fingerprint density at radius 2 is 1.79 bits per heavy atom. The van der Waals surface area contributed by atoms with Crippen molar-refractivity contribution in [3.05, 3.63) is 70.4 Å². The van der Waals surface area contributed by atoms with Crippen molar-refractivity contribution in [1.29, 1.82) is 0 Å². The summed E-state index contributed by atoms with van der Waals surface area (Å²) in [5.41, 5.74) is 5.68. The number of aliphatic hydroxyl groups is 1. The molecule has 0 spiro atoms. The minimum absolute atomic E-state index is 0.0910. The number of unbranched alkanes of at least 4 members (excludes halogenated alkanes) is 1. The number of aliphatic hydroxyl groups excluding tert-OH is 1. The van der Waals surface area contributed by atoms with Crippen molar-refractivity contribution in [1.82, 2.24) is 4.90 Å². The molecular weight excluding hydrogens is 412 g/mol. The molecule has 0 radical (unpaired) electrons. The number of carbonyl (C=O) groups excluding carboxylic acids is 2. The molecule has 2 aliphatic rings. The van der Waals surface area contributed by atoms with E-state index in [0.29, 0.717) is 30.0 Å². The number of aryl methyl sites for hydroxylation is 3. The molecule has 1 N–H and O–H groups in total. The molecule has 1 unspecified atom stereocenters. The van der Waals surface area contributed by atoms with Crippen LogP contribution >= 0.6 is 0 Å². The van der Waals surface area contributed by atoms with Gasteiger partial charge in [-0.1, -0.05) is 49.2 Å². The molecule has 0 bridgehead atoms. The van der Waals surface area contributed by atoms with Gasteiger partial charge in [0.2, 0.25) is 0 Å². The van der Waals surface area contributed by atoms with Crippen LogP contribution in [0.5, 0.6) is 0 Å². The fourth-order valence-electron chi connectivity index (χ4n) is 4.99. The summed E-state index contributed by atoms with van der Waals surface area (Å²) >= 11 is 0. The van der Waals surface area contributed by atoms with Crippen molar-refractivity contribution in [3.63, 3.8) is 0 Å².